The highest BCUT2D eigenvalue weighted by Gasteiger charge is 2.14. The fraction of sp³-hybridized carbons (Fsp3) is 0.143. The lowest BCUT2D eigenvalue weighted by molar-refractivity contribution is 0.614. The van der Waals surface area contributed by atoms with E-state index in [4.69, 9.17) is 5.84 Å². The number of aromatic nitrogens is 5. The van der Waals surface area contributed by atoms with Crippen molar-refractivity contribution in [2.24, 2.45) is 5.84 Å². The topological polar surface area (TPSA) is 105 Å². The van der Waals surface area contributed by atoms with E-state index >= 15 is 0 Å². The van der Waals surface area contributed by atoms with Gasteiger partial charge in [-0.3, -0.25) is 5.84 Å². The molecule has 0 saturated heterocycles. The molecule has 0 aliphatic carbocycles. The predicted molar refractivity (Wildman–Crippen MR) is 47.6 cm³/mol. The van der Waals surface area contributed by atoms with Gasteiger partial charge in [0, 0.05) is 18.0 Å². The normalized spacial score (nSPS) is 12.6. The van der Waals surface area contributed by atoms with Crippen LogP contribution in [-0.4, -0.2) is 25.4 Å². The van der Waals surface area contributed by atoms with E-state index in [-0.39, 0.29) is 6.04 Å². The van der Waals surface area contributed by atoms with E-state index in [9.17, 15) is 0 Å². The highest BCUT2D eigenvalue weighted by Crippen LogP contribution is 2.15. The molecule has 14 heavy (non-hydrogen) atoms. The van der Waals surface area contributed by atoms with Crippen molar-refractivity contribution in [2.45, 2.75) is 6.04 Å². The summed E-state index contributed by atoms with van der Waals surface area (Å²) in [5.41, 5.74) is 4.15. The van der Waals surface area contributed by atoms with E-state index in [1.165, 1.54) is 6.33 Å². The van der Waals surface area contributed by atoms with E-state index in [0.717, 1.165) is 5.56 Å². The summed E-state index contributed by atoms with van der Waals surface area (Å²) in [7, 11) is 0. The molecule has 2 aromatic heterocycles. The number of hydrogen-bond donors (Lipinski definition) is 3. The van der Waals surface area contributed by atoms with E-state index in [1.54, 1.807) is 18.6 Å². The molecule has 0 saturated carbocycles. The molecule has 72 valence electrons. The molecule has 7 nitrogen and oxygen atoms in total. The lowest BCUT2D eigenvalue weighted by atomic mass is 10.1. The highest BCUT2D eigenvalue weighted by molar-refractivity contribution is 5.19. The zero-order chi connectivity index (χ0) is 9.80. The first-order valence-corrected chi connectivity index (χ1v) is 3.98. The maximum atomic E-state index is 5.41. The Bertz CT molecular complexity index is 370. The van der Waals surface area contributed by atoms with Crippen LogP contribution in [0.5, 0.6) is 0 Å². The minimum atomic E-state index is -0.241. The van der Waals surface area contributed by atoms with Crippen LogP contribution in [0.1, 0.15) is 17.3 Å². The molecule has 1 atom stereocenters. The minimum absolute atomic E-state index is 0.241. The second-order valence-corrected chi connectivity index (χ2v) is 2.67. The van der Waals surface area contributed by atoms with Crippen molar-refractivity contribution in [3.8, 4) is 0 Å². The van der Waals surface area contributed by atoms with Crippen LogP contribution in [0.25, 0.3) is 0 Å². The summed E-state index contributed by atoms with van der Waals surface area (Å²) < 4.78 is 0. The predicted octanol–water partition coefficient (Wildman–Crippen LogP) is -0.853. The largest absolute Gasteiger partial charge is 0.271 e. The van der Waals surface area contributed by atoms with Crippen LogP contribution in [0.2, 0.25) is 0 Å². The van der Waals surface area contributed by atoms with Crippen molar-refractivity contribution in [2.75, 3.05) is 0 Å². The summed E-state index contributed by atoms with van der Waals surface area (Å²) in [5, 5.41) is 10.2. The Hall–Kier alpha value is -1.86. The molecular formula is C7H9N7. The highest BCUT2D eigenvalue weighted by atomic mass is 15.3. The van der Waals surface area contributed by atoms with E-state index in [2.05, 4.69) is 30.8 Å². The number of hydrogen-bond acceptors (Lipinski definition) is 6. The Balaban J connectivity index is 2.31. The SMILES string of the molecule is NNC(c1cncnc1)c1cn[nH]n1. The number of rotatable bonds is 3. The van der Waals surface area contributed by atoms with Crippen molar-refractivity contribution in [3.63, 3.8) is 0 Å². The Morgan fingerprint density at radius 3 is 2.64 bits per heavy atom. The Morgan fingerprint density at radius 2 is 2.07 bits per heavy atom. The van der Waals surface area contributed by atoms with Gasteiger partial charge in [-0.05, 0) is 0 Å². The number of hydrazine groups is 1. The molecule has 2 heterocycles. The van der Waals surface area contributed by atoms with Crippen LogP contribution in [0.15, 0.2) is 24.9 Å². The van der Waals surface area contributed by atoms with Gasteiger partial charge in [0.05, 0.1) is 12.2 Å². The Morgan fingerprint density at radius 1 is 1.29 bits per heavy atom. The molecule has 2 rings (SSSR count). The van der Waals surface area contributed by atoms with E-state index in [1.807, 2.05) is 0 Å². The zero-order valence-corrected chi connectivity index (χ0v) is 7.25. The third-order valence-electron chi connectivity index (χ3n) is 1.81. The fourth-order valence-electron chi connectivity index (χ4n) is 1.16. The maximum Gasteiger partial charge on any atom is 0.115 e. The Labute approximate surface area is 79.7 Å². The van der Waals surface area contributed by atoms with Gasteiger partial charge in [-0.15, -0.1) is 0 Å². The van der Waals surface area contributed by atoms with E-state index in [0.29, 0.717) is 5.69 Å². The molecular weight excluding hydrogens is 182 g/mol. The molecule has 0 fully saturated rings. The quantitative estimate of drug-likeness (QED) is 0.431. The lowest BCUT2D eigenvalue weighted by Gasteiger charge is -2.11. The van der Waals surface area contributed by atoms with Gasteiger partial charge in [0.25, 0.3) is 0 Å². The Kier molecular flexibility index (Phi) is 2.43. The molecule has 1 unspecified atom stereocenters. The number of nitrogens with one attached hydrogen (secondary N) is 2. The molecule has 4 N–H and O–H groups in total. The molecule has 0 spiro atoms. The standard InChI is InChI=1S/C7H9N7/c8-12-7(6-3-11-14-13-6)5-1-9-4-10-2-5/h1-4,7,12H,8H2,(H,11,13,14). The van der Waals surface area contributed by atoms with Crippen molar-refractivity contribution in [1.82, 2.24) is 30.8 Å². The fourth-order valence-corrected chi connectivity index (χ4v) is 1.16. The average Bonchev–Trinajstić information content (AvgIpc) is 2.74. The number of nitrogens with two attached hydrogens (primary N) is 1. The van der Waals surface area contributed by atoms with Gasteiger partial charge in [-0.25, -0.2) is 15.4 Å². The van der Waals surface area contributed by atoms with Crippen LogP contribution in [0, 0.1) is 0 Å². The molecule has 0 aliphatic heterocycles. The summed E-state index contributed by atoms with van der Waals surface area (Å²) in [6.07, 6.45) is 6.40. The first kappa shape index (κ1) is 8.73. The number of H-pyrrole nitrogens is 1. The van der Waals surface area contributed by atoms with Gasteiger partial charge < -0.3 is 0 Å². The summed E-state index contributed by atoms with van der Waals surface area (Å²) in [4.78, 5) is 7.80. The van der Waals surface area contributed by atoms with Gasteiger partial charge in [0.1, 0.15) is 12.0 Å². The van der Waals surface area contributed by atoms with Crippen LogP contribution in [-0.2, 0) is 0 Å². The first-order chi connectivity index (χ1) is 6.92. The van der Waals surface area contributed by atoms with Crippen molar-refractivity contribution >= 4 is 0 Å². The van der Waals surface area contributed by atoms with Crippen LogP contribution < -0.4 is 11.3 Å². The minimum Gasteiger partial charge on any atom is -0.271 e. The molecule has 0 radical (unpaired) electrons. The van der Waals surface area contributed by atoms with Crippen LogP contribution in [0.4, 0.5) is 0 Å². The molecule has 7 heteroatoms. The van der Waals surface area contributed by atoms with E-state index < -0.39 is 0 Å². The molecule has 0 aromatic carbocycles. The summed E-state index contributed by atoms with van der Waals surface area (Å²) >= 11 is 0. The summed E-state index contributed by atoms with van der Waals surface area (Å²) in [6, 6.07) is -0.241. The molecule has 0 amide bonds. The van der Waals surface area contributed by atoms with Crippen LogP contribution in [0.3, 0.4) is 0 Å². The third-order valence-corrected chi connectivity index (χ3v) is 1.81. The van der Waals surface area contributed by atoms with Gasteiger partial charge in [0.15, 0.2) is 0 Å². The first-order valence-electron chi connectivity index (χ1n) is 3.98. The third kappa shape index (κ3) is 1.58. The van der Waals surface area contributed by atoms with Crippen molar-refractivity contribution < 1.29 is 0 Å². The zero-order valence-electron chi connectivity index (χ0n) is 7.25. The van der Waals surface area contributed by atoms with Gasteiger partial charge >= 0.3 is 0 Å². The smallest absolute Gasteiger partial charge is 0.115 e. The van der Waals surface area contributed by atoms with Gasteiger partial charge in [-0.1, -0.05) is 0 Å². The maximum absolute atomic E-state index is 5.41. The van der Waals surface area contributed by atoms with Gasteiger partial charge in [-0.2, -0.15) is 15.4 Å². The molecule has 2 aromatic rings. The second kappa shape index (κ2) is 3.90. The van der Waals surface area contributed by atoms with Crippen molar-refractivity contribution in [1.29, 1.82) is 0 Å². The molecule has 0 bridgehead atoms. The van der Waals surface area contributed by atoms with Crippen molar-refractivity contribution in [3.05, 3.63) is 36.2 Å². The average molecular weight is 191 g/mol. The molecule has 0 aliphatic rings. The monoisotopic (exact) mass is 191 g/mol. The number of nitrogens with zero attached hydrogens (tertiary/aromatic N) is 4. The van der Waals surface area contributed by atoms with Gasteiger partial charge in [0.2, 0.25) is 0 Å². The summed E-state index contributed by atoms with van der Waals surface area (Å²) in [5.74, 6) is 5.41. The summed E-state index contributed by atoms with van der Waals surface area (Å²) in [6.45, 7) is 0. The second-order valence-electron chi connectivity index (χ2n) is 2.67. The number of aromatic amines is 1. The lowest BCUT2D eigenvalue weighted by Crippen LogP contribution is -2.29. The van der Waals surface area contributed by atoms with Crippen LogP contribution >= 0.6 is 0 Å².